The first-order valence-electron chi connectivity index (χ1n) is 19.6. The molecule has 0 spiro atoms. The number of hydrogen-bond donors (Lipinski definition) is 4. The van der Waals surface area contributed by atoms with Gasteiger partial charge in [0.05, 0.1) is 41.0 Å². The third-order valence-corrected chi connectivity index (χ3v) is 13.3. The highest BCUT2D eigenvalue weighted by Gasteiger charge is 2.00. The number of carbonyl (C=O) groups excluding carboxylic acids is 6. The molecule has 0 radical (unpaired) electrons. The van der Waals surface area contributed by atoms with Gasteiger partial charge in [0, 0.05) is 117 Å². The van der Waals surface area contributed by atoms with Gasteiger partial charge < -0.3 is 67.8 Å². The molecule has 0 bridgehead atoms. The lowest BCUT2D eigenvalue weighted by Crippen LogP contribution is -2.28. The quantitative estimate of drug-likeness (QED) is 0.0863. The van der Waals surface area contributed by atoms with Crippen molar-refractivity contribution in [3.05, 3.63) is 12.7 Å². The van der Waals surface area contributed by atoms with Crippen molar-refractivity contribution in [3.63, 3.8) is 0 Å². The SMILES string of the molecule is C=CC.CC(C)=O.CNC(=O)NC.CNC(=O)OC.CNC(C)=O.COC.COC(=O)OC.COC(C)=O.COP(C)(C)=O.COP(C)(C)=O.COP(C)(C)=S.COP(C)(C)=S.CSC.CSP(C)(C)=S. The molecule has 0 saturated carbocycles. The summed E-state index contributed by atoms with van der Waals surface area (Å²) in [6, 6.07) is -0.157. The van der Waals surface area contributed by atoms with E-state index in [1.54, 1.807) is 94.1 Å². The summed E-state index contributed by atoms with van der Waals surface area (Å²) in [5.74, 6) is -0.0741. The maximum Gasteiger partial charge on any atom is 0.507 e. The fourth-order valence-electron chi connectivity index (χ4n) is 0.310. The number of Topliss-reactive ketones (excluding diaryl/α,β-unsaturated/α-hetero) is 1. The predicted molar refractivity (Wildman–Crippen MR) is 325 cm³/mol. The summed E-state index contributed by atoms with van der Waals surface area (Å²) in [5, 5.41) is 8.47. The zero-order chi connectivity index (χ0) is 61.3. The number of amides is 4. The van der Waals surface area contributed by atoms with Crippen molar-refractivity contribution in [1.82, 2.24) is 21.3 Å². The maximum atomic E-state index is 10.4. The van der Waals surface area contributed by atoms with Crippen molar-refractivity contribution < 1.29 is 79.7 Å². The molecule has 0 saturated heterocycles. The van der Waals surface area contributed by atoms with Gasteiger partial charge in [-0.25, -0.2) is 14.4 Å². The lowest BCUT2D eigenvalue weighted by Gasteiger charge is -2.03. The van der Waals surface area contributed by atoms with Gasteiger partial charge in [-0.3, -0.25) is 18.7 Å². The minimum atomic E-state index is -2.15. The number of methoxy groups -OCH3 is 5. The van der Waals surface area contributed by atoms with Gasteiger partial charge in [0.1, 0.15) is 5.78 Å². The molecule has 0 fully saturated rings. The monoisotopic (exact) mass is 1230 g/mol. The standard InChI is InChI=1S/C3H8N2O.C3H7NO2.C3H7NO.C3H6O3.2C3H9O2P.C3H6O2.2C3H9OPS.C3H6O.C3H9PS2.C3H6.C2H6O.C2H6S/c1-4-3(6)5-2;1-4-3(5)6-2;1-3(5)4-2;1-5-3(4)6-2;2*1-5-6(2,3)4;1-3(4)5-2;2*1-4-5(2,3)6;1-3(2)4;1-4(2,5)6-3;3*1-3-2/h1-2H3,(H2,4,5,6);1-2H3,(H,4,5);1-2H3,(H,4,5);1-2H3;2*1-3H3;1-2H3;2*1-3H3;1-2H3;1-3H3;3H,1H2,2H3;2*1-2H3. The number of rotatable bonds is 5. The van der Waals surface area contributed by atoms with E-state index in [9.17, 15) is 37.9 Å². The average molecular weight is 1230 g/mol. The Morgan fingerprint density at radius 3 is 0.676 bits per heavy atom. The number of carbonyl (C=O) groups is 6. The summed E-state index contributed by atoms with van der Waals surface area (Å²) in [4.78, 5) is 58.3. The van der Waals surface area contributed by atoms with E-state index in [1.165, 1.54) is 77.4 Å². The highest BCUT2D eigenvalue weighted by molar-refractivity contribution is 8.70. The molecule has 4 amide bonds. The van der Waals surface area contributed by atoms with Crippen LogP contribution in [0.3, 0.4) is 0 Å². The van der Waals surface area contributed by atoms with Crippen LogP contribution in [-0.4, -0.2) is 221 Å². The van der Waals surface area contributed by atoms with E-state index in [0.29, 0.717) is 0 Å². The summed E-state index contributed by atoms with van der Waals surface area (Å²) in [6.45, 7) is 29.5. The second-order valence-corrected chi connectivity index (χ2v) is 40.7. The third kappa shape index (κ3) is 344. The Kier molecular flexibility index (Phi) is 120. The first-order chi connectivity index (χ1) is 31.7. The van der Waals surface area contributed by atoms with Crippen LogP contribution < -0.4 is 21.3 Å². The van der Waals surface area contributed by atoms with Crippen LogP contribution in [-0.2, 0) is 101 Å². The van der Waals surface area contributed by atoms with E-state index >= 15 is 0 Å². The van der Waals surface area contributed by atoms with Crippen LogP contribution in [0.1, 0.15) is 34.6 Å². The number of ketones is 1. The Hall–Kier alpha value is -0.930. The molecule has 71 heavy (non-hydrogen) atoms. The van der Waals surface area contributed by atoms with E-state index in [4.69, 9.17) is 44.5 Å². The molecule has 21 nitrogen and oxygen atoms in total. The van der Waals surface area contributed by atoms with Crippen LogP contribution in [0.2, 0.25) is 0 Å². The van der Waals surface area contributed by atoms with Crippen molar-refractivity contribution in [1.29, 1.82) is 0 Å². The fraction of sp³-hybridized carbons (Fsp3) is 0.800. The van der Waals surface area contributed by atoms with Crippen LogP contribution in [0, 0.1) is 0 Å². The Bertz CT molecular complexity index is 1230. The Morgan fingerprint density at radius 2 is 0.676 bits per heavy atom. The molecule has 4 N–H and O–H groups in total. The molecule has 0 aromatic carbocycles. The number of hydrogen-bond acceptors (Lipinski definition) is 22. The minimum Gasteiger partial charge on any atom is -0.469 e. The Morgan fingerprint density at radius 1 is 0.507 bits per heavy atom. The van der Waals surface area contributed by atoms with Gasteiger partial charge >= 0.3 is 24.2 Å². The van der Waals surface area contributed by atoms with Gasteiger partial charge in [0.2, 0.25) is 5.91 Å². The third-order valence-electron chi connectivity index (χ3n) is 4.01. The molecule has 0 unspecified atom stereocenters. The summed E-state index contributed by atoms with van der Waals surface area (Å²) >= 11 is 18.4. The number of thioether (sulfide) groups is 1. The number of allylic oxidation sites excluding steroid dienone is 1. The molecule has 31 heteroatoms. The molecule has 0 heterocycles. The number of ether oxygens (including phenoxy) is 5. The van der Waals surface area contributed by atoms with Gasteiger partial charge in [-0.2, -0.15) is 11.8 Å². The van der Waals surface area contributed by atoms with Crippen molar-refractivity contribution in [2.24, 2.45) is 0 Å². The van der Waals surface area contributed by atoms with Gasteiger partial charge in [0.25, 0.3) is 0 Å². The molecule has 0 atom stereocenters. The van der Waals surface area contributed by atoms with E-state index < -0.39 is 44.8 Å². The van der Waals surface area contributed by atoms with Crippen molar-refractivity contribution in [2.75, 3.05) is 185 Å². The van der Waals surface area contributed by atoms with Gasteiger partial charge in [0.15, 0.2) is 14.7 Å². The molecule has 440 valence electrons. The van der Waals surface area contributed by atoms with E-state index in [0.717, 1.165) is 0 Å². The second kappa shape index (κ2) is 80.5. The van der Waals surface area contributed by atoms with Crippen molar-refractivity contribution in [3.8, 4) is 0 Å². The molecule has 0 aromatic rings. The number of urea groups is 1. The van der Waals surface area contributed by atoms with Crippen molar-refractivity contribution >= 4 is 127 Å². The molecule has 0 aliphatic rings. The number of esters is 1. The maximum absolute atomic E-state index is 10.4. The second-order valence-electron chi connectivity index (χ2n) is 13.0. The van der Waals surface area contributed by atoms with Crippen LogP contribution in [0.5, 0.6) is 0 Å². The molecule has 0 rings (SSSR count). The summed E-state index contributed by atoms with van der Waals surface area (Å²) in [7, 11) is 16.6. The van der Waals surface area contributed by atoms with E-state index in [1.807, 2.05) is 57.5 Å². The molecular weight excluding hydrogens is 1120 g/mol. The Balaban J connectivity index is -0.0000000413. The summed E-state index contributed by atoms with van der Waals surface area (Å²) in [6.07, 6.45) is 4.21. The topological polar surface area (TPSA) is 268 Å². The van der Waals surface area contributed by atoms with E-state index in [2.05, 4.69) is 80.2 Å². The lowest BCUT2D eigenvalue weighted by atomic mass is 10.6. The molecule has 0 aromatic heterocycles. The normalized spacial score (nSPS) is 8.79. The van der Waals surface area contributed by atoms with Crippen molar-refractivity contribution in [2.45, 2.75) is 34.6 Å². The first kappa shape index (κ1) is 106. The highest BCUT2D eigenvalue weighted by Crippen LogP contribution is 2.49. The lowest BCUT2D eigenvalue weighted by molar-refractivity contribution is -0.138. The first-order valence-corrected chi connectivity index (χ1v) is 39.1. The minimum absolute atomic E-state index is 0.00463. The van der Waals surface area contributed by atoms with E-state index in [-0.39, 0.29) is 23.7 Å². The zero-order valence-electron chi connectivity index (χ0n) is 49.5. The largest absolute Gasteiger partial charge is 0.507 e. The predicted octanol–water partition coefficient (Wildman–Crippen LogP) is 9.80. The van der Waals surface area contributed by atoms with Gasteiger partial charge in [-0.05, 0) is 79.5 Å². The fourth-order valence-corrected chi connectivity index (χ4v) is 0.310. The molecular formula is C40H103N4O17P5S5. The molecule has 0 aliphatic heterocycles. The smallest absolute Gasteiger partial charge is 0.469 e. The number of nitrogens with one attached hydrogen (secondary N) is 4. The van der Waals surface area contributed by atoms with Crippen LogP contribution in [0.4, 0.5) is 14.4 Å². The number of alkyl carbamates (subject to hydrolysis) is 1. The Labute approximate surface area is 457 Å². The van der Waals surface area contributed by atoms with Gasteiger partial charge in [-0.15, -0.1) is 18.0 Å². The molecule has 0 aliphatic carbocycles. The summed E-state index contributed by atoms with van der Waals surface area (Å²) < 4.78 is 60.0. The van der Waals surface area contributed by atoms with Gasteiger partial charge in [-0.1, -0.05) is 41.5 Å². The summed E-state index contributed by atoms with van der Waals surface area (Å²) in [5.41, 5.74) is 0. The zero-order valence-corrected chi connectivity index (χ0v) is 58.1. The highest BCUT2D eigenvalue weighted by atomic mass is 32.9. The van der Waals surface area contributed by atoms with Crippen LogP contribution in [0.15, 0.2) is 12.7 Å². The van der Waals surface area contributed by atoms with Crippen LogP contribution >= 0.6 is 55.7 Å². The van der Waals surface area contributed by atoms with Crippen LogP contribution in [0.25, 0.3) is 0 Å². The average Bonchev–Trinajstić information content (AvgIpc) is 3.26.